The molecular formula is C15H16O4. The van der Waals surface area contributed by atoms with E-state index in [4.69, 9.17) is 0 Å². The zero-order valence-electron chi connectivity index (χ0n) is 10.3. The lowest BCUT2D eigenvalue weighted by Crippen LogP contribution is -2.01. The SMILES string of the molecule is Oc1ccccc1CCC(O)c1c(O)cccc1O. The first kappa shape index (κ1) is 13.2. The first-order valence-electron chi connectivity index (χ1n) is 6.05. The highest BCUT2D eigenvalue weighted by molar-refractivity contribution is 5.44. The lowest BCUT2D eigenvalue weighted by atomic mass is 9.99. The maximum absolute atomic E-state index is 10.0. The van der Waals surface area contributed by atoms with Crippen LogP contribution in [0.4, 0.5) is 0 Å². The maximum atomic E-state index is 10.0. The van der Waals surface area contributed by atoms with E-state index in [1.165, 1.54) is 18.2 Å². The van der Waals surface area contributed by atoms with Crippen molar-refractivity contribution in [2.45, 2.75) is 18.9 Å². The zero-order valence-corrected chi connectivity index (χ0v) is 10.3. The summed E-state index contributed by atoms with van der Waals surface area (Å²) in [7, 11) is 0. The largest absolute Gasteiger partial charge is 0.508 e. The predicted molar refractivity (Wildman–Crippen MR) is 71.2 cm³/mol. The summed E-state index contributed by atoms with van der Waals surface area (Å²) in [4.78, 5) is 0. The molecule has 2 aromatic carbocycles. The highest BCUT2D eigenvalue weighted by atomic mass is 16.3. The average Bonchev–Trinajstić information content (AvgIpc) is 2.37. The quantitative estimate of drug-likeness (QED) is 0.680. The van der Waals surface area contributed by atoms with Crippen molar-refractivity contribution in [2.24, 2.45) is 0 Å². The second-order valence-corrected chi connectivity index (χ2v) is 4.39. The molecule has 0 bridgehead atoms. The monoisotopic (exact) mass is 260 g/mol. The summed E-state index contributed by atoms with van der Waals surface area (Å²) in [5, 5.41) is 38.9. The number of hydrogen-bond donors (Lipinski definition) is 4. The number of rotatable bonds is 4. The van der Waals surface area contributed by atoms with Crippen molar-refractivity contribution in [2.75, 3.05) is 0 Å². The Morgan fingerprint density at radius 2 is 1.37 bits per heavy atom. The molecule has 1 unspecified atom stereocenters. The van der Waals surface area contributed by atoms with Gasteiger partial charge in [-0.25, -0.2) is 0 Å². The second-order valence-electron chi connectivity index (χ2n) is 4.39. The Hall–Kier alpha value is -2.20. The van der Waals surface area contributed by atoms with Crippen molar-refractivity contribution >= 4 is 0 Å². The molecule has 0 heterocycles. The van der Waals surface area contributed by atoms with Crippen LogP contribution in [-0.4, -0.2) is 20.4 Å². The van der Waals surface area contributed by atoms with Gasteiger partial charge >= 0.3 is 0 Å². The van der Waals surface area contributed by atoms with Crippen molar-refractivity contribution in [3.05, 3.63) is 53.6 Å². The molecule has 4 N–H and O–H groups in total. The van der Waals surface area contributed by atoms with Crippen molar-refractivity contribution in [3.63, 3.8) is 0 Å². The molecule has 0 aliphatic rings. The lowest BCUT2D eigenvalue weighted by Gasteiger charge is -2.14. The molecule has 100 valence electrons. The van der Waals surface area contributed by atoms with Gasteiger partial charge in [0.1, 0.15) is 17.2 Å². The summed E-state index contributed by atoms with van der Waals surface area (Å²) in [6.45, 7) is 0. The highest BCUT2D eigenvalue weighted by Gasteiger charge is 2.17. The zero-order chi connectivity index (χ0) is 13.8. The standard InChI is InChI=1S/C15H16O4/c16-11-5-2-1-4-10(11)8-9-14(19)15-12(17)6-3-7-13(15)18/h1-7,14,16-19H,8-9H2. The van der Waals surface area contributed by atoms with E-state index in [1.54, 1.807) is 24.3 Å². The first-order chi connectivity index (χ1) is 9.09. The fourth-order valence-corrected chi connectivity index (χ4v) is 2.04. The molecule has 19 heavy (non-hydrogen) atoms. The maximum Gasteiger partial charge on any atom is 0.125 e. The van der Waals surface area contributed by atoms with Gasteiger partial charge in [-0.15, -0.1) is 0 Å². The topological polar surface area (TPSA) is 80.9 Å². The van der Waals surface area contributed by atoms with E-state index < -0.39 is 6.10 Å². The number of benzene rings is 2. The lowest BCUT2D eigenvalue weighted by molar-refractivity contribution is 0.160. The third kappa shape index (κ3) is 2.98. The van der Waals surface area contributed by atoms with Gasteiger partial charge in [0.2, 0.25) is 0 Å². The van der Waals surface area contributed by atoms with Gasteiger partial charge in [-0.1, -0.05) is 24.3 Å². The Balaban J connectivity index is 2.10. The average molecular weight is 260 g/mol. The van der Waals surface area contributed by atoms with E-state index in [2.05, 4.69) is 0 Å². The van der Waals surface area contributed by atoms with E-state index in [-0.39, 0.29) is 22.8 Å². The van der Waals surface area contributed by atoms with Crippen molar-refractivity contribution < 1.29 is 20.4 Å². The fraction of sp³-hybridized carbons (Fsp3) is 0.200. The molecule has 4 nitrogen and oxygen atoms in total. The molecule has 0 aromatic heterocycles. The van der Waals surface area contributed by atoms with Gasteiger partial charge in [0.15, 0.2) is 0 Å². The minimum absolute atomic E-state index is 0.123. The van der Waals surface area contributed by atoms with Gasteiger partial charge in [-0.2, -0.15) is 0 Å². The third-order valence-corrected chi connectivity index (χ3v) is 3.07. The molecule has 0 spiro atoms. The predicted octanol–water partition coefficient (Wildman–Crippen LogP) is 2.47. The van der Waals surface area contributed by atoms with Crippen LogP contribution in [0.3, 0.4) is 0 Å². The number of phenolic OH excluding ortho intramolecular Hbond substituents is 3. The summed E-state index contributed by atoms with van der Waals surface area (Å²) >= 11 is 0. The number of aryl methyl sites for hydroxylation is 1. The molecule has 0 aliphatic carbocycles. The van der Waals surface area contributed by atoms with Crippen LogP contribution in [0.5, 0.6) is 17.2 Å². The summed E-state index contributed by atoms with van der Waals surface area (Å²) in [6, 6.07) is 11.2. The minimum Gasteiger partial charge on any atom is -0.508 e. The van der Waals surface area contributed by atoms with Gasteiger partial charge in [-0.3, -0.25) is 0 Å². The molecule has 1 atom stereocenters. The number of aromatic hydroxyl groups is 3. The smallest absolute Gasteiger partial charge is 0.125 e. The van der Waals surface area contributed by atoms with Crippen LogP contribution in [0.25, 0.3) is 0 Å². The summed E-state index contributed by atoms with van der Waals surface area (Å²) < 4.78 is 0. The molecule has 0 aliphatic heterocycles. The Morgan fingerprint density at radius 3 is 2.00 bits per heavy atom. The summed E-state index contributed by atoms with van der Waals surface area (Å²) in [6.07, 6.45) is -0.245. The Kier molecular flexibility index (Phi) is 3.92. The van der Waals surface area contributed by atoms with Crippen LogP contribution >= 0.6 is 0 Å². The van der Waals surface area contributed by atoms with Crippen molar-refractivity contribution in [1.82, 2.24) is 0 Å². The molecule has 2 rings (SSSR count). The Labute approximate surface area is 111 Å². The Morgan fingerprint density at radius 1 is 0.789 bits per heavy atom. The van der Waals surface area contributed by atoms with Crippen LogP contribution in [-0.2, 0) is 6.42 Å². The van der Waals surface area contributed by atoms with Crippen LogP contribution in [0.1, 0.15) is 23.7 Å². The molecule has 4 heteroatoms. The highest BCUT2D eigenvalue weighted by Crippen LogP contribution is 2.35. The summed E-state index contributed by atoms with van der Waals surface area (Å²) in [5.74, 6) is -0.0919. The van der Waals surface area contributed by atoms with E-state index in [0.29, 0.717) is 12.8 Å². The molecule has 0 saturated heterocycles. The number of phenols is 3. The third-order valence-electron chi connectivity index (χ3n) is 3.07. The number of hydrogen-bond acceptors (Lipinski definition) is 4. The van der Waals surface area contributed by atoms with E-state index in [1.807, 2.05) is 0 Å². The number of aliphatic hydroxyl groups is 1. The van der Waals surface area contributed by atoms with E-state index >= 15 is 0 Å². The van der Waals surface area contributed by atoms with E-state index in [0.717, 1.165) is 5.56 Å². The van der Waals surface area contributed by atoms with Crippen LogP contribution in [0.2, 0.25) is 0 Å². The second kappa shape index (κ2) is 5.63. The molecule has 0 saturated carbocycles. The van der Waals surface area contributed by atoms with Gasteiger partial charge in [0, 0.05) is 0 Å². The van der Waals surface area contributed by atoms with E-state index in [9.17, 15) is 20.4 Å². The van der Waals surface area contributed by atoms with Crippen molar-refractivity contribution in [1.29, 1.82) is 0 Å². The summed E-state index contributed by atoms with van der Waals surface area (Å²) in [5.41, 5.74) is 0.842. The first-order valence-corrected chi connectivity index (χ1v) is 6.05. The molecule has 0 fully saturated rings. The van der Waals surface area contributed by atoms with Gasteiger partial charge < -0.3 is 20.4 Å². The molecule has 0 amide bonds. The Bertz CT molecular complexity index is 546. The number of aliphatic hydroxyl groups excluding tert-OH is 1. The molecular weight excluding hydrogens is 244 g/mol. The number of para-hydroxylation sites is 1. The minimum atomic E-state index is -0.985. The van der Waals surface area contributed by atoms with Crippen LogP contribution < -0.4 is 0 Å². The normalized spacial score (nSPS) is 12.3. The molecule has 2 aromatic rings. The van der Waals surface area contributed by atoms with Crippen LogP contribution in [0, 0.1) is 0 Å². The van der Waals surface area contributed by atoms with Gasteiger partial charge in [0.25, 0.3) is 0 Å². The van der Waals surface area contributed by atoms with Gasteiger partial charge in [-0.05, 0) is 36.6 Å². The fourth-order valence-electron chi connectivity index (χ4n) is 2.04. The molecule has 0 radical (unpaired) electrons. The van der Waals surface area contributed by atoms with Crippen molar-refractivity contribution in [3.8, 4) is 17.2 Å². The van der Waals surface area contributed by atoms with Crippen LogP contribution in [0.15, 0.2) is 42.5 Å². The van der Waals surface area contributed by atoms with Gasteiger partial charge in [0.05, 0.1) is 11.7 Å².